The van der Waals surface area contributed by atoms with E-state index < -0.39 is 10.8 Å². The molecule has 0 N–H and O–H groups in total. The Labute approximate surface area is 75.5 Å². The van der Waals surface area contributed by atoms with Crippen molar-refractivity contribution in [3.05, 3.63) is 24.4 Å². The van der Waals surface area contributed by atoms with Gasteiger partial charge in [0.25, 0.3) is 0 Å². The molecule has 0 saturated heterocycles. The number of hydrogen-bond donors (Lipinski definition) is 0. The molecule has 0 radical (unpaired) electrons. The van der Waals surface area contributed by atoms with Gasteiger partial charge in [-0.15, -0.1) is 0 Å². The first-order chi connectivity index (χ1) is 5.84. The summed E-state index contributed by atoms with van der Waals surface area (Å²) in [6.07, 6.45) is 3.76. The van der Waals surface area contributed by atoms with Gasteiger partial charge in [-0.1, -0.05) is 19.4 Å². The highest BCUT2D eigenvalue weighted by Crippen LogP contribution is 2.03. The second-order valence-corrected chi connectivity index (χ2v) is 4.09. The maximum Gasteiger partial charge on any atom is 0.127 e. The lowest BCUT2D eigenvalue weighted by Crippen LogP contribution is -1.99. The minimum absolute atomic E-state index is 0.700. The fourth-order valence-corrected chi connectivity index (χ4v) is 2.03. The molecule has 0 amide bonds. The topological polar surface area (TPSA) is 30.0 Å². The molecule has 1 unspecified atom stereocenters. The van der Waals surface area contributed by atoms with Gasteiger partial charge in [0.05, 0.1) is 10.8 Å². The summed E-state index contributed by atoms with van der Waals surface area (Å²) in [5.74, 6) is 0.730. The van der Waals surface area contributed by atoms with E-state index in [9.17, 15) is 4.21 Å². The highest BCUT2D eigenvalue weighted by Gasteiger charge is 2.01. The standard InChI is InChI=1S/C9H13NOS/c1-2-3-8-12(11)9-6-4-5-7-10-9/h4-7H,2-3,8H2,1H3. The molecule has 12 heavy (non-hydrogen) atoms. The van der Waals surface area contributed by atoms with Gasteiger partial charge in [-0.05, 0) is 18.6 Å². The number of aromatic nitrogens is 1. The van der Waals surface area contributed by atoms with Crippen LogP contribution >= 0.6 is 0 Å². The van der Waals surface area contributed by atoms with Crippen molar-refractivity contribution in [1.82, 2.24) is 4.98 Å². The number of nitrogens with zero attached hydrogens (tertiary/aromatic N) is 1. The lowest BCUT2D eigenvalue weighted by molar-refractivity contribution is 0.676. The van der Waals surface area contributed by atoms with Crippen LogP contribution in [0.2, 0.25) is 0 Å². The zero-order valence-electron chi connectivity index (χ0n) is 7.19. The van der Waals surface area contributed by atoms with Crippen LogP contribution in [0.5, 0.6) is 0 Å². The predicted molar refractivity (Wildman–Crippen MR) is 50.4 cm³/mol. The van der Waals surface area contributed by atoms with E-state index in [0.29, 0.717) is 5.03 Å². The summed E-state index contributed by atoms with van der Waals surface area (Å²) >= 11 is 0. The van der Waals surface area contributed by atoms with Gasteiger partial charge in [-0.2, -0.15) is 0 Å². The Morgan fingerprint density at radius 3 is 2.92 bits per heavy atom. The molecule has 1 heterocycles. The Bertz CT molecular complexity index is 248. The van der Waals surface area contributed by atoms with E-state index in [1.54, 1.807) is 6.20 Å². The third-order valence-electron chi connectivity index (χ3n) is 1.55. The predicted octanol–water partition coefficient (Wildman–Crippen LogP) is 1.99. The summed E-state index contributed by atoms with van der Waals surface area (Å²) < 4.78 is 11.5. The van der Waals surface area contributed by atoms with Crippen molar-refractivity contribution in [3.63, 3.8) is 0 Å². The average Bonchev–Trinajstić information content (AvgIpc) is 2.15. The zero-order chi connectivity index (χ0) is 8.81. The van der Waals surface area contributed by atoms with Crippen molar-refractivity contribution < 1.29 is 4.21 Å². The summed E-state index contributed by atoms with van der Waals surface area (Å²) in [4.78, 5) is 4.03. The third kappa shape index (κ3) is 2.74. The molecule has 1 atom stereocenters. The number of unbranched alkanes of at least 4 members (excludes halogenated alkanes) is 1. The smallest absolute Gasteiger partial charge is 0.127 e. The van der Waals surface area contributed by atoms with Crippen LogP contribution in [0.1, 0.15) is 19.8 Å². The Kier molecular flexibility index (Phi) is 3.94. The molecule has 0 aliphatic carbocycles. The zero-order valence-corrected chi connectivity index (χ0v) is 8.01. The Hall–Kier alpha value is -0.700. The van der Waals surface area contributed by atoms with Crippen LogP contribution in [0.25, 0.3) is 0 Å². The van der Waals surface area contributed by atoms with Crippen LogP contribution in [-0.2, 0) is 10.8 Å². The molecule has 0 aromatic carbocycles. The SMILES string of the molecule is CCCCS(=O)c1ccccn1. The quantitative estimate of drug-likeness (QED) is 0.714. The first-order valence-electron chi connectivity index (χ1n) is 4.14. The van der Waals surface area contributed by atoms with Crippen LogP contribution in [-0.4, -0.2) is 14.9 Å². The maximum atomic E-state index is 11.5. The van der Waals surface area contributed by atoms with Gasteiger partial charge < -0.3 is 0 Å². The Morgan fingerprint density at radius 2 is 2.33 bits per heavy atom. The molecule has 0 saturated carbocycles. The molecule has 66 valence electrons. The van der Waals surface area contributed by atoms with Crippen molar-refractivity contribution in [2.45, 2.75) is 24.8 Å². The molecule has 1 aromatic rings. The first-order valence-corrected chi connectivity index (χ1v) is 5.46. The molecule has 0 aliphatic heterocycles. The van der Waals surface area contributed by atoms with E-state index >= 15 is 0 Å². The molecule has 2 nitrogen and oxygen atoms in total. The minimum atomic E-state index is -0.894. The van der Waals surface area contributed by atoms with E-state index in [1.165, 1.54) is 0 Å². The number of pyridine rings is 1. The highest BCUT2D eigenvalue weighted by atomic mass is 32.2. The lowest BCUT2D eigenvalue weighted by Gasteiger charge is -1.98. The summed E-state index contributed by atoms with van der Waals surface area (Å²) in [6, 6.07) is 5.51. The molecule has 0 bridgehead atoms. The van der Waals surface area contributed by atoms with Gasteiger partial charge in [0.15, 0.2) is 0 Å². The maximum absolute atomic E-state index is 11.5. The van der Waals surface area contributed by atoms with E-state index in [1.807, 2.05) is 18.2 Å². The molecule has 0 aliphatic rings. The normalized spacial score (nSPS) is 12.8. The summed E-state index contributed by atoms with van der Waals surface area (Å²) in [5.41, 5.74) is 0. The molecule has 3 heteroatoms. The van der Waals surface area contributed by atoms with Gasteiger partial charge in [-0.3, -0.25) is 4.21 Å². The molecular formula is C9H13NOS. The van der Waals surface area contributed by atoms with Crippen molar-refractivity contribution in [3.8, 4) is 0 Å². The van der Waals surface area contributed by atoms with Crippen LogP contribution in [0.4, 0.5) is 0 Å². The molecular weight excluding hydrogens is 170 g/mol. The lowest BCUT2D eigenvalue weighted by atomic mass is 10.4. The van der Waals surface area contributed by atoms with Crippen molar-refractivity contribution in [2.75, 3.05) is 5.75 Å². The van der Waals surface area contributed by atoms with Gasteiger partial charge in [0.2, 0.25) is 0 Å². The number of rotatable bonds is 4. The fraction of sp³-hybridized carbons (Fsp3) is 0.444. The summed E-state index contributed by atoms with van der Waals surface area (Å²) in [7, 11) is -0.894. The average molecular weight is 183 g/mol. The molecule has 1 aromatic heterocycles. The minimum Gasteiger partial charge on any atom is -0.253 e. The molecule has 0 fully saturated rings. The largest absolute Gasteiger partial charge is 0.253 e. The van der Waals surface area contributed by atoms with Crippen LogP contribution < -0.4 is 0 Å². The third-order valence-corrected chi connectivity index (χ3v) is 2.92. The first kappa shape index (κ1) is 9.39. The van der Waals surface area contributed by atoms with E-state index in [4.69, 9.17) is 0 Å². The van der Waals surface area contributed by atoms with Gasteiger partial charge >= 0.3 is 0 Å². The Balaban J connectivity index is 2.54. The summed E-state index contributed by atoms with van der Waals surface area (Å²) in [5, 5.41) is 0.700. The summed E-state index contributed by atoms with van der Waals surface area (Å²) in [6.45, 7) is 2.09. The second-order valence-electron chi connectivity index (χ2n) is 2.57. The Morgan fingerprint density at radius 1 is 1.50 bits per heavy atom. The van der Waals surface area contributed by atoms with Crippen molar-refractivity contribution >= 4 is 10.8 Å². The second kappa shape index (κ2) is 5.04. The van der Waals surface area contributed by atoms with E-state index in [2.05, 4.69) is 11.9 Å². The number of hydrogen-bond acceptors (Lipinski definition) is 2. The van der Waals surface area contributed by atoms with Gasteiger partial charge in [0, 0.05) is 11.9 Å². The van der Waals surface area contributed by atoms with E-state index in [0.717, 1.165) is 18.6 Å². The molecule has 0 spiro atoms. The van der Waals surface area contributed by atoms with Crippen LogP contribution in [0.3, 0.4) is 0 Å². The van der Waals surface area contributed by atoms with Crippen molar-refractivity contribution in [1.29, 1.82) is 0 Å². The highest BCUT2D eigenvalue weighted by molar-refractivity contribution is 7.84. The van der Waals surface area contributed by atoms with Gasteiger partial charge in [0.1, 0.15) is 5.03 Å². The van der Waals surface area contributed by atoms with Crippen LogP contribution in [0.15, 0.2) is 29.4 Å². The fourth-order valence-electron chi connectivity index (χ4n) is 0.862. The van der Waals surface area contributed by atoms with Crippen molar-refractivity contribution in [2.24, 2.45) is 0 Å². The monoisotopic (exact) mass is 183 g/mol. The van der Waals surface area contributed by atoms with Gasteiger partial charge in [-0.25, -0.2) is 4.98 Å². The van der Waals surface area contributed by atoms with Crippen LogP contribution in [0, 0.1) is 0 Å². The van der Waals surface area contributed by atoms with E-state index in [-0.39, 0.29) is 0 Å². The molecule has 1 rings (SSSR count).